The smallest absolute Gasteiger partial charge is 0.417 e. The average Bonchev–Trinajstić information content (AvgIpc) is 3.40. The van der Waals surface area contributed by atoms with Crippen molar-refractivity contribution in [2.24, 2.45) is 11.3 Å². The maximum Gasteiger partial charge on any atom is 0.417 e. The first-order chi connectivity index (χ1) is 18.4. The topological polar surface area (TPSA) is 137 Å². The third-order valence-corrected chi connectivity index (χ3v) is 8.10. The van der Waals surface area contributed by atoms with Crippen molar-refractivity contribution in [2.75, 3.05) is 11.5 Å². The lowest BCUT2D eigenvalue weighted by atomic mass is 9.56. The molecule has 0 radical (unpaired) electrons. The molecule has 2 amide bonds. The first kappa shape index (κ1) is 26.8. The largest absolute Gasteiger partial charge is 0.460 e. The molecule has 2 aromatic carbocycles. The Kier molecular flexibility index (Phi) is 6.10. The van der Waals surface area contributed by atoms with Crippen molar-refractivity contribution in [3.05, 3.63) is 65.2 Å². The summed E-state index contributed by atoms with van der Waals surface area (Å²) in [5.41, 5.74) is -8.11. The number of carbonyl (C=O) groups excluding carboxylic acids is 3. The van der Waals surface area contributed by atoms with E-state index in [9.17, 15) is 37.8 Å². The van der Waals surface area contributed by atoms with Crippen molar-refractivity contribution in [3.63, 3.8) is 0 Å². The minimum absolute atomic E-state index is 0.198. The van der Waals surface area contributed by atoms with E-state index in [0.29, 0.717) is 16.5 Å². The van der Waals surface area contributed by atoms with E-state index in [4.69, 9.17) is 14.7 Å². The number of nitrogens with zero attached hydrogens (tertiary/aromatic N) is 2. The molecule has 204 valence electrons. The Morgan fingerprint density at radius 3 is 2.54 bits per heavy atom. The minimum Gasteiger partial charge on any atom is -0.460 e. The third-order valence-electron chi connectivity index (χ3n) is 8.10. The highest BCUT2D eigenvalue weighted by Crippen LogP contribution is 2.69. The van der Waals surface area contributed by atoms with Gasteiger partial charge in [0.25, 0.3) is 5.91 Å². The first-order valence-electron chi connectivity index (χ1n) is 12.1. The summed E-state index contributed by atoms with van der Waals surface area (Å²) in [7, 11) is 0. The van der Waals surface area contributed by atoms with Crippen molar-refractivity contribution < 1.29 is 47.2 Å². The molecule has 12 heteroatoms. The predicted molar refractivity (Wildman–Crippen MR) is 125 cm³/mol. The zero-order valence-electron chi connectivity index (χ0n) is 20.6. The number of anilines is 1. The fraction of sp³-hybridized carbons (Fsp3) is 0.407. The molecule has 3 fully saturated rings. The number of amides is 2. The summed E-state index contributed by atoms with van der Waals surface area (Å²) in [5.74, 6) is -5.01. The molecule has 2 N–H and O–H groups in total. The second-order valence-electron chi connectivity index (χ2n) is 10.1. The summed E-state index contributed by atoms with van der Waals surface area (Å²) >= 11 is 0. The van der Waals surface area contributed by atoms with Crippen molar-refractivity contribution in [1.29, 1.82) is 5.26 Å². The Morgan fingerprint density at radius 1 is 1.23 bits per heavy atom. The number of alkyl halides is 3. The van der Waals surface area contributed by atoms with Crippen molar-refractivity contribution in [3.8, 4) is 6.07 Å². The van der Waals surface area contributed by atoms with Gasteiger partial charge in [0, 0.05) is 19.4 Å². The highest BCUT2D eigenvalue weighted by molar-refractivity contribution is 6.31. The quantitative estimate of drug-likeness (QED) is 0.322. The Labute approximate surface area is 220 Å². The van der Waals surface area contributed by atoms with Crippen molar-refractivity contribution in [2.45, 2.75) is 49.9 Å². The van der Waals surface area contributed by atoms with E-state index in [1.54, 1.807) is 30.3 Å². The second kappa shape index (κ2) is 8.87. The van der Waals surface area contributed by atoms with Crippen LogP contribution in [0.3, 0.4) is 0 Å². The maximum atomic E-state index is 14.2. The number of halogens is 3. The zero-order chi connectivity index (χ0) is 28.4. The minimum atomic E-state index is -4.97. The van der Waals surface area contributed by atoms with Crippen LogP contribution in [0.1, 0.15) is 36.5 Å². The molecule has 2 bridgehead atoms. The monoisotopic (exact) mass is 544 g/mol. The van der Waals surface area contributed by atoms with Gasteiger partial charge in [0.15, 0.2) is 5.41 Å². The molecule has 0 aromatic heterocycles. The fourth-order valence-electron chi connectivity index (χ4n) is 6.39. The number of rotatable bonds is 6. The van der Waals surface area contributed by atoms with Crippen LogP contribution in [0.25, 0.3) is 0 Å². The van der Waals surface area contributed by atoms with E-state index in [2.05, 4.69) is 0 Å². The summed E-state index contributed by atoms with van der Waals surface area (Å²) in [6.45, 7) is 0.476. The molecule has 3 heterocycles. The lowest BCUT2D eigenvalue weighted by molar-refractivity contribution is -0.180. The average molecular weight is 544 g/mol. The summed E-state index contributed by atoms with van der Waals surface area (Å²) in [6.07, 6.45) is -6.84. The zero-order valence-corrected chi connectivity index (χ0v) is 20.6. The van der Waals surface area contributed by atoms with Gasteiger partial charge < -0.3 is 19.7 Å². The maximum absolute atomic E-state index is 14.2. The van der Waals surface area contributed by atoms with Crippen LogP contribution in [-0.2, 0) is 36.6 Å². The number of nitriles is 1. The van der Waals surface area contributed by atoms with Gasteiger partial charge >= 0.3 is 12.1 Å². The Morgan fingerprint density at radius 2 is 1.92 bits per heavy atom. The summed E-state index contributed by atoms with van der Waals surface area (Å²) in [5, 5.41) is 29.9. The van der Waals surface area contributed by atoms with Gasteiger partial charge in [-0.15, -0.1) is 0 Å². The molecular formula is C27H23F3N2O7. The highest BCUT2D eigenvalue weighted by atomic mass is 19.4. The molecule has 2 aromatic rings. The molecular weight excluding hydrogens is 521 g/mol. The van der Waals surface area contributed by atoms with E-state index in [0.717, 1.165) is 12.1 Å². The van der Waals surface area contributed by atoms with Gasteiger partial charge in [-0.2, -0.15) is 18.4 Å². The molecule has 0 unspecified atom stereocenters. The SMILES string of the molecule is C[C@@]12O[C@@](CCO)(C[C@H]1O)[C@@H]1C(=O)N(c3ccc(C#N)c(C(F)(F)F)c3)C(=O)[C@@]12C(=O)OCc1ccccc1. The molecule has 3 saturated heterocycles. The lowest BCUT2D eigenvalue weighted by Gasteiger charge is -2.41. The highest BCUT2D eigenvalue weighted by Gasteiger charge is 2.88. The standard InChI is InChI=1S/C27H23F3N2O7/c1-24-19(34)12-25(39-24,9-10-33)20-21(35)32(17-8-7-16(13-31)18(11-17)27(28,29)30)22(36)26(20,24)23(37)38-14-15-5-3-2-4-6-15/h2-8,11,19-20,33-34H,9-10,12,14H2,1H3/t19-,20+,24-,25+,26-/m1/s1. The molecule has 5 atom stereocenters. The number of fused-ring (bicyclic) bond motifs is 5. The number of aliphatic hydroxyl groups is 2. The van der Waals surface area contributed by atoms with E-state index in [1.807, 2.05) is 0 Å². The lowest BCUT2D eigenvalue weighted by Crippen LogP contribution is -2.63. The van der Waals surface area contributed by atoms with Gasteiger partial charge in [0.05, 0.1) is 40.5 Å². The van der Waals surface area contributed by atoms with E-state index in [1.165, 1.54) is 13.0 Å². The molecule has 3 aliphatic heterocycles. The molecule has 0 aliphatic carbocycles. The number of esters is 1. The number of aliphatic hydroxyl groups excluding tert-OH is 2. The van der Waals surface area contributed by atoms with Gasteiger partial charge in [-0.05, 0) is 30.7 Å². The molecule has 5 rings (SSSR count). The van der Waals surface area contributed by atoms with Gasteiger partial charge in [-0.25, -0.2) is 4.90 Å². The number of hydrogen-bond acceptors (Lipinski definition) is 8. The molecule has 0 spiro atoms. The second-order valence-corrected chi connectivity index (χ2v) is 10.1. The van der Waals surface area contributed by atoms with Gasteiger partial charge in [0.1, 0.15) is 12.2 Å². The van der Waals surface area contributed by atoms with Crippen LogP contribution < -0.4 is 4.90 Å². The van der Waals surface area contributed by atoms with Crippen LogP contribution in [0, 0.1) is 22.7 Å². The fourth-order valence-corrected chi connectivity index (χ4v) is 6.39. The van der Waals surface area contributed by atoms with Crippen LogP contribution in [0.4, 0.5) is 18.9 Å². The van der Waals surface area contributed by atoms with E-state index >= 15 is 0 Å². The number of carbonyl (C=O) groups is 3. The predicted octanol–water partition coefficient (Wildman–Crippen LogP) is 2.47. The van der Waals surface area contributed by atoms with Crippen LogP contribution >= 0.6 is 0 Å². The Hall–Kier alpha value is -3.79. The van der Waals surface area contributed by atoms with Crippen molar-refractivity contribution in [1.82, 2.24) is 0 Å². The molecule has 0 saturated carbocycles. The number of imide groups is 1. The van der Waals surface area contributed by atoms with E-state index < -0.39 is 76.0 Å². The van der Waals surface area contributed by atoms with Crippen LogP contribution in [0.5, 0.6) is 0 Å². The normalized spacial score (nSPS) is 31.4. The number of benzene rings is 2. The van der Waals surface area contributed by atoms with Crippen LogP contribution in [0.15, 0.2) is 48.5 Å². The molecule has 39 heavy (non-hydrogen) atoms. The number of ether oxygens (including phenoxy) is 2. The number of hydrogen-bond donors (Lipinski definition) is 2. The van der Waals surface area contributed by atoms with Crippen LogP contribution in [0.2, 0.25) is 0 Å². The van der Waals surface area contributed by atoms with Gasteiger partial charge in [0.2, 0.25) is 5.91 Å². The molecule has 9 nitrogen and oxygen atoms in total. The van der Waals surface area contributed by atoms with Gasteiger partial charge in [-0.3, -0.25) is 14.4 Å². The van der Waals surface area contributed by atoms with Gasteiger partial charge in [-0.1, -0.05) is 30.3 Å². The summed E-state index contributed by atoms with van der Waals surface area (Å²) in [6, 6.07) is 12.2. The first-order valence-corrected chi connectivity index (χ1v) is 12.1. The summed E-state index contributed by atoms with van der Waals surface area (Å²) < 4.78 is 52.7. The third kappa shape index (κ3) is 3.53. The molecule has 3 aliphatic rings. The van der Waals surface area contributed by atoms with Crippen molar-refractivity contribution >= 4 is 23.5 Å². The Bertz CT molecular complexity index is 1410. The van der Waals surface area contributed by atoms with E-state index in [-0.39, 0.29) is 19.4 Å². The van der Waals surface area contributed by atoms with Crippen LogP contribution in [-0.4, -0.2) is 51.9 Å². The summed E-state index contributed by atoms with van der Waals surface area (Å²) in [4.78, 5) is 42.4. The Balaban J connectivity index is 1.66.